The third kappa shape index (κ3) is 6.16. The fourth-order valence-corrected chi connectivity index (χ4v) is 5.13. The van der Waals surface area contributed by atoms with Crippen molar-refractivity contribution in [2.45, 2.75) is 92.9 Å². The highest BCUT2D eigenvalue weighted by Crippen LogP contribution is 2.37. The minimum Gasteiger partial charge on any atom is -0.252 e. The summed E-state index contributed by atoms with van der Waals surface area (Å²) in [5.41, 5.74) is 9.34. The SMILES string of the molecule is CC(=Nc1c(C(C)C)cccc1C(C)C)c1cnc(C(C)=Nc2c(C(C)C)cccc2C(C)C)s1. The van der Waals surface area contributed by atoms with E-state index in [1.807, 2.05) is 6.20 Å². The number of aromatic nitrogens is 1. The molecule has 0 saturated carbocycles. The van der Waals surface area contributed by atoms with Gasteiger partial charge in [-0.2, -0.15) is 0 Å². The van der Waals surface area contributed by atoms with Gasteiger partial charge in [-0.25, -0.2) is 4.98 Å². The summed E-state index contributed by atoms with van der Waals surface area (Å²) in [5.74, 6) is 1.67. The van der Waals surface area contributed by atoms with Crippen LogP contribution in [0.5, 0.6) is 0 Å². The molecule has 0 fully saturated rings. The molecule has 0 N–H and O–H groups in total. The average molecular weight is 488 g/mol. The number of hydrogen-bond donors (Lipinski definition) is 0. The Labute approximate surface area is 216 Å². The van der Waals surface area contributed by atoms with Gasteiger partial charge in [0.15, 0.2) is 0 Å². The molecule has 0 aliphatic rings. The van der Waals surface area contributed by atoms with E-state index in [0.29, 0.717) is 23.7 Å². The molecule has 35 heavy (non-hydrogen) atoms. The Morgan fingerprint density at radius 2 is 1.00 bits per heavy atom. The van der Waals surface area contributed by atoms with Crippen molar-refractivity contribution in [2.24, 2.45) is 9.98 Å². The summed E-state index contributed by atoms with van der Waals surface area (Å²) in [4.78, 5) is 16.1. The van der Waals surface area contributed by atoms with Gasteiger partial charge in [-0.05, 0) is 59.8 Å². The molecule has 0 aliphatic carbocycles. The van der Waals surface area contributed by atoms with Gasteiger partial charge >= 0.3 is 0 Å². The van der Waals surface area contributed by atoms with Crippen LogP contribution in [-0.2, 0) is 0 Å². The zero-order chi connectivity index (χ0) is 25.9. The lowest BCUT2D eigenvalue weighted by Gasteiger charge is -2.17. The fourth-order valence-electron chi connectivity index (χ4n) is 4.33. The number of nitrogens with zero attached hydrogens (tertiary/aromatic N) is 3. The molecular formula is C31H41N3S. The minimum absolute atomic E-state index is 0.415. The molecule has 0 atom stereocenters. The Morgan fingerprint density at radius 1 is 0.629 bits per heavy atom. The first-order chi connectivity index (χ1) is 16.5. The summed E-state index contributed by atoms with van der Waals surface area (Å²) in [6, 6.07) is 13.1. The second-order valence-electron chi connectivity index (χ2n) is 10.6. The van der Waals surface area contributed by atoms with Gasteiger partial charge in [-0.15, -0.1) is 11.3 Å². The number of aliphatic imine (C=N–C) groups is 2. The normalized spacial score (nSPS) is 13.1. The highest BCUT2D eigenvalue weighted by molar-refractivity contribution is 7.15. The van der Waals surface area contributed by atoms with Crippen molar-refractivity contribution < 1.29 is 0 Å². The van der Waals surface area contributed by atoms with E-state index in [9.17, 15) is 0 Å². The summed E-state index contributed by atoms with van der Waals surface area (Å²) in [6.07, 6.45) is 1.95. The Hall–Kier alpha value is -2.59. The number of para-hydroxylation sites is 2. The second kappa shape index (κ2) is 11.4. The first-order valence-electron chi connectivity index (χ1n) is 12.8. The van der Waals surface area contributed by atoms with E-state index in [1.54, 1.807) is 11.3 Å². The minimum atomic E-state index is 0.415. The van der Waals surface area contributed by atoms with Gasteiger partial charge in [0, 0.05) is 6.20 Å². The maximum Gasteiger partial charge on any atom is 0.137 e. The van der Waals surface area contributed by atoms with Crippen LogP contribution in [0, 0.1) is 0 Å². The first-order valence-corrected chi connectivity index (χ1v) is 13.7. The summed E-state index contributed by atoms with van der Waals surface area (Å²) >= 11 is 1.67. The lowest BCUT2D eigenvalue weighted by molar-refractivity contribution is 0.834. The number of thiazole rings is 1. The molecule has 1 aromatic heterocycles. The van der Waals surface area contributed by atoms with Gasteiger partial charge in [0.25, 0.3) is 0 Å². The quantitative estimate of drug-likeness (QED) is 0.291. The number of hydrogen-bond acceptors (Lipinski definition) is 4. The van der Waals surface area contributed by atoms with E-state index in [4.69, 9.17) is 15.0 Å². The van der Waals surface area contributed by atoms with Gasteiger partial charge in [-0.3, -0.25) is 9.98 Å². The maximum absolute atomic E-state index is 5.15. The zero-order valence-corrected chi connectivity index (χ0v) is 23.9. The second-order valence-corrected chi connectivity index (χ2v) is 11.6. The summed E-state index contributed by atoms with van der Waals surface area (Å²) in [6.45, 7) is 22.0. The van der Waals surface area contributed by atoms with Gasteiger partial charge in [0.2, 0.25) is 0 Å². The van der Waals surface area contributed by atoms with Crippen LogP contribution in [-0.4, -0.2) is 16.4 Å². The smallest absolute Gasteiger partial charge is 0.137 e. The van der Waals surface area contributed by atoms with Crippen molar-refractivity contribution in [2.75, 3.05) is 0 Å². The highest BCUT2D eigenvalue weighted by atomic mass is 32.1. The molecule has 0 saturated heterocycles. The van der Waals surface area contributed by atoms with Crippen LogP contribution in [0.2, 0.25) is 0 Å². The third-order valence-electron chi connectivity index (χ3n) is 6.42. The van der Waals surface area contributed by atoms with Gasteiger partial charge in [0.1, 0.15) is 5.01 Å². The van der Waals surface area contributed by atoms with E-state index < -0.39 is 0 Å². The molecule has 0 spiro atoms. The Balaban J connectivity index is 2.03. The van der Waals surface area contributed by atoms with Crippen LogP contribution in [0.15, 0.2) is 52.6 Å². The standard InChI is InChI=1S/C31H41N3S/c1-18(2)24-13-11-14-25(19(3)4)29(24)33-22(9)28-17-32-31(35-28)23(10)34-30-26(20(5)6)15-12-16-27(30)21(7)8/h11-21H,1-10H3. The van der Waals surface area contributed by atoms with Crippen molar-refractivity contribution in [1.29, 1.82) is 0 Å². The van der Waals surface area contributed by atoms with E-state index in [-0.39, 0.29) is 0 Å². The van der Waals surface area contributed by atoms with E-state index >= 15 is 0 Å². The Morgan fingerprint density at radius 3 is 1.37 bits per heavy atom. The maximum atomic E-state index is 5.15. The topological polar surface area (TPSA) is 37.6 Å². The molecule has 0 radical (unpaired) electrons. The van der Waals surface area contributed by atoms with Crippen LogP contribution in [0.4, 0.5) is 11.4 Å². The summed E-state index contributed by atoms with van der Waals surface area (Å²) in [5, 5.41) is 0.948. The van der Waals surface area contributed by atoms with Crippen molar-refractivity contribution in [1.82, 2.24) is 4.98 Å². The van der Waals surface area contributed by atoms with Crippen molar-refractivity contribution in [3.8, 4) is 0 Å². The van der Waals surface area contributed by atoms with E-state index in [0.717, 1.165) is 32.7 Å². The molecule has 0 unspecified atom stereocenters. The van der Waals surface area contributed by atoms with Crippen LogP contribution < -0.4 is 0 Å². The molecule has 3 aromatic rings. The van der Waals surface area contributed by atoms with Crippen LogP contribution in [0.3, 0.4) is 0 Å². The van der Waals surface area contributed by atoms with Crippen molar-refractivity contribution >= 4 is 34.1 Å². The Bertz CT molecular complexity index is 1080. The molecule has 3 nitrogen and oxygen atoms in total. The number of rotatable bonds is 8. The zero-order valence-electron chi connectivity index (χ0n) is 23.1. The molecule has 186 valence electrons. The predicted octanol–water partition coefficient (Wildman–Crippen LogP) is 9.92. The van der Waals surface area contributed by atoms with E-state index in [1.165, 1.54) is 22.3 Å². The van der Waals surface area contributed by atoms with Gasteiger partial charge in [-0.1, -0.05) is 91.8 Å². The molecule has 4 heteroatoms. The molecule has 2 aromatic carbocycles. The highest BCUT2D eigenvalue weighted by Gasteiger charge is 2.17. The molecule has 1 heterocycles. The predicted molar refractivity (Wildman–Crippen MR) is 155 cm³/mol. The van der Waals surface area contributed by atoms with Crippen molar-refractivity contribution in [3.63, 3.8) is 0 Å². The molecule has 0 aliphatic heterocycles. The van der Waals surface area contributed by atoms with E-state index in [2.05, 4.69) is 106 Å². The molecule has 0 bridgehead atoms. The summed E-state index contributed by atoms with van der Waals surface area (Å²) < 4.78 is 0. The van der Waals surface area contributed by atoms with Crippen LogP contribution in [0.1, 0.15) is 125 Å². The first kappa shape index (κ1) is 27.0. The lowest BCUT2D eigenvalue weighted by Crippen LogP contribution is -1.99. The number of benzene rings is 2. The van der Waals surface area contributed by atoms with Crippen molar-refractivity contribution in [3.05, 3.63) is 74.7 Å². The van der Waals surface area contributed by atoms with Gasteiger partial charge in [0.05, 0.1) is 27.7 Å². The molecular weight excluding hydrogens is 446 g/mol. The Kier molecular flexibility index (Phi) is 8.82. The van der Waals surface area contributed by atoms with Crippen LogP contribution in [0.25, 0.3) is 0 Å². The summed E-state index contributed by atoms with van der Waals surface area (Å²) in [7, 11) is 0. The monoisotopic (exact) mass is 487 g/mol. The fraction of sp³-hybridized carbons (Fsp3) is 0.452. The van der Waals surface area contributed by atoms with Crippen LogP contribution >= 0.6 is 11.3 Å². The molecule has 0 amide bonds. The third-order valence-corrected chi connectivity index (χ3v) is 7.63. The lowest BCUT2D eigenvalue weighted by atomic mass is 9.93. The largest absolute Gasteiger partial charge is 0.252 e. The average Bonchev–Trinajstić information content (AvgIpc) is 3.29. The molecule has 3 rings (SSSR count). The van der Waals surface area contributed by atoms with Gasteiger partial charge < -0.3 is 0 Å².